The first kappa shape index (κ1) is 16.4. The molecule has 6 nitrogen and oxygen atoms in total. The van der Waals surface area contributed by atoms with Crippen LogP contribution >= 0.6 is 0 Å². The van der Waals surface area contributed by atoms with Gasteiger partial charge in [-0.3, -0.25) is 9.36 Å². The zero-order valence-electron chi connectivity index (χ0n) is 14.7. The molecule has 0 spiro atoms. The fraction of sp³-hybridized carbons (Fsp3) is 0.300. The van der Waals surface area contributed by atoms with Crippen LogP contribution in [-0.4, -0.2) is 36.4 Å². The van der Waals surface area contributed by atoms with Crippen LogP contribution in [0.1, 0.15) is 6.42 Å². The average molecular weight is 351 g/mol. The van der Waals surface area contributed by atoms with Crippen LogP contribution in [0.3, 0.4) is 0 Å². The van der Waals surface area contributed by atoms with Crippen molar-refractivity contribution in [2.45, 2.75) is 13.0 Å². The topological polar surface area (TPSA) is 56.6 Å². The van der Waals surface area contributed by atoms with E-state index >= 15 is 0 Å². The van der Waals surface area contributed by atoms with Gasteiger partial charge in [0.2, 0.25) is 5.95 Å². The summed E-state index contributed by atoms with van der Waals surface area (Å²) >= 11 is 0. The van der Waals surface area contributed by atoms with Crippen LogP contribution in [0.4, 0.5) is 5.95 Å². The van der Waals surface area contributed by atoms with Gasteiger partial charge in [0.25, 0.3) is 5.56 Å². The first-order chi connectivity index (χ1) is 12.8. The van der Waals surface area contributed by atoms with Crippen LogP contribution < -0.4 is 19.9 Å². The van der Waals surface area contributed by atoms with Gasteiger partial charge in [-0.15, -0.1) is 0 Å². The van der Waals surface area contributed by atoms with Gasteiger partial charge in [0.1, 0.15) is 18.1 Å². The maximum atomic E-state index is 12.7. The first-order valence-electron chi connectivity index (χ1n) is 8.77. The fourth-order valence-corrected chi connectivity index (χ4v) is 3.28. The monoisotopic (exact) mass is 351 g/mol. The molecule has 0 aliphatic carbocycles. The van der Waals surface area contributed by atoms with Gasteiger partial charge in [-0.05, 0) is 42.8 Å². The second-order valence-corrected chi connectivity index (χ2v) is 6.25. The third-order valence-corrected chi connectivity index (χ3v) is 4.62. The molecule has 2 aromatic carbocycles. The van der Waals surface area contributed by atoms with E-state index in [1.54, 1.807) is 11.7 Å². The maximum absolute atomic E-state index is 12.7. The van der Waals surface area contributed by atoms with Gasteiger partial charge in [0.15, 0.2) is 0 Å². The van der Waals surface area contributed by atoms with Crippen molar-refractivity contribution in [3.63, 3.8) is 0 Å². The van der Waals surface area contributed by atoms with Crippen LogP contribution in [0.25, 0.3) is 10.9 Å². The molecule has 0 bridgehead atoms. The number of ether oxygens (including phenoxy) is 2. The number of hydrogen-bond acceptors (Lipinski definition) is 5. The normalized spacial score (nSPS) is 13.5. The lowest BCUT2D eigenvalue weighted by Gasteiger charge is -2.30. The van der Waals surface area contributed by atoms with Crippen molar-refractivity contribution >= 4 is 16.9 Å². The molecule has 1 aliphatic heterocycles. The van der Waals surface area contributed by atoms with E-state index in [2.05, 4.69) is 4.90 Å². The molecule has 6 heteroatoms. The SMILES string of the molecule is COc1ccc(OCCN2CCCn3c2nc2ccccc2c3=O)cc1. The van der Waals surface area contributed by atoms with Crippen LogP contribution in [0.5, 0.6) is 11.5 Å². The summed E-state index contributed by atoms with van der Waals surface area (Å²) < 4.78 is 12.8. The Hall–Kier alpha value is -3.02. The minimum atomic E-state index is 0.0337. The molecule has 26 heavy (non-hydrogen) atoms. The number of hydrogen-bond donors (Lipinski definition) is 0. The lowest BCUT2D eigenvalue weighted by Crippen LogP contribution is -2.40. The molecule has 2 heterocycles. The van der Waals surface area contributed by atoms with Gasteiger partial charge in [0.05, 0.1) is 24.6 Å². The minimum absolute atomic E-state index is 0.0337. The molecule has 0 fully saturated rings. The predicted molar refractivity (Wildman–Crippen MR) is 101 cm³/mol. The number of rotatable bonds is 5. The van der Waals surface area contributed by atoms with Crippen molar-refractivity contribution in [1.29, 1.82) is 0 Å². The molecule has 0 atom stereocenters. The van der Waals surface area contributed by atoms with Gasteiger partial charge in [0, 0.05) is 13.1 Å². The molecular formula is C20H21N3O3. The number of benzene rings is 2. The average Bonchev–Trinajstić information content (AvgIpc) is 2.69. The minimum Gasteiger partial charge on any atom is -0.497 e. The van der Waals surface area contributed by atoms with E-state index in [0.29, 0.717) is 25.1 Å². The largest absolute Gasteiger partial charge is 0.497 e. The zero-order valence-corrected chi connectivity index (χ0v) is 14.7. The van der Waals surface area contributed by atoms with Gasteiger partial charge in [-0.25, -0.2) is 4.98 Å². The molecule has 0 unspecified atom stereocenters. The molecular weight excluding hydrogens is 330 g/mol. The van der Waals surface area contributed by atoms with Crippen molar-refractivity contribution in [1.82, 2.24) is 9.55 Å². The van der Waals surface area contributed by atoms with Gasteiger partial charge in [-0.2, -0.15) is 0 Å². The number of anilines is 1. The Labute approximate surface area is 151 Å². The highest BCUT2D eigenvalue weighted by Crippen LogP contribution is 2.20. The molecule has 0 amide bonds. The third kappa shape index (κ3) is 3.10. The number of nitrogens with zero attached hydrogens (tertiary/aromatic N) is 3. The van der Waals surface area contributed by atoms with Crippen molar-refractivity contribution in [3.8, 4) is 11.5 Å². The fourth-order valence-electron chi connectivity index (χ4n) is 3.28. The van der Waals surface area contributed by atoms with E-state index in [0.717, 1.165) is 35.9 Å². The second-order valence-electron chi connectivity index (χ2n) is 6.25. The van der Waals surface area contributed by atoms with E-state index < -0.39 is 0 Å². The van der Waals surface area contributed by atoms with Gasteiger partial charge >= 0.3 is 0 Å². The highest BCUT2D eigenvalue weighted by atomic mass is 16.5. The number of para-hydroxylation sites is 1. The number of fused-ring (bicyclic) bond motifs is 2. The Morgan fingerprint density at radius 2 is 1.81 bits per heavy atom. The van der Waals surface area contributed by atoms with Crippen LogP contribution in [0.15, 0.2) is 53.3 Å². The first-order valence-corrected chi connectivity index (χ1v) is 8.77. The molecule has 3 aromatic rings. The van der Waals surface area contributed by atoms with Gasteiger partial charge < -0.3 is 14.4 Å². The number of methoxy groups -OCH3 is 1. The molecule has 0 N–H and O–H groups in total. The smallest absolute Gasteiger partial charge is 0.262 e. The van der Waals surface area contributed by atoms with Crippen LogP contribution in [0.2, 0.25) is 0 Å². The Kier molecular flexibility index (Phi) is 4.48. The van der Waals surface area contributed by atoms with E-state index in [9.17, 15) is 4.79 Å². The predicted octanol–water partition coefficient (Wildman–Crippen LogP) is 2.69. The summed E-state index contributed by atoms with van der Waals surface area (Å²) in [5.41, 5.74) is 0.776. The lowest BCUT2D eigenvalue weighted by atomic mass is 10.2. The summed E-state index contributed by atoms with van der Waals surface area (Å²) in [5, 5.41) is 0.674. The van der Waals surface area contributed by atoms with Crippen LogP contribution in [0, 0.1) is 0 Å². The highest BCUT2D eigenvalue weighted by molar-refractivity contribution is 5.78. The van der Waals surface area contributed by atoms with Crippen molar-refractivity contribution in [2.75, 3.05) is 31.7 Å². The quantitative estimate of drug-likeness (QED) is 0.707. The summed E-state index contributed by atoms with van der Waals surface area (Å²) in [6.45, 7) is 2.78. The molecule has 1 aliphatic rings. The third-order valence-electron chi connectivity index (χ3n) is 4.62. The Balaban J connectivity index is 1.51. The number of aromatic nitrogens is 2. The van der Waals surface area contributed by atoms with E-state index in [1.807, 2.05) is 48.5 Å². The van der Waals surface area contributed by atoms with E-state index in [-0.39, 0.29) is 5.56 Å². The standard InChI is InChI=1S/C20H21N3O3/c1-25-15-7-9-16(10-8-15)26-14-13-22-11-4-12-23-19(24)17-5-2-3-6-18(17)21-20(22)23/h2-3,5-10H,4,11-14H2,1H3. The lowest BCUT2D eigenvalue weighted by molar-refractivity contribution is 0.318. The second kappa shape index (κ2) is 7.07. The van der Waals surface area contributed by atoms with E-state index in [4.69, 9.17) is 14.5 Å². The Bertz CT molecular complexity index is 966. The van der Waals surface area contributed by atoms with Crippen molar-refractivity contribution in [2.24, 2.45) is 0 Å². The summed E-state index contributed by atoms with van der Waals surface area (Å²) in [5.74, 6) is 2.34. The zero-order chi connectivity index (χ0) is 17.9. The summed E-state index contributed by atoms with van der Waals surface area (Å²) in [6, 6.07) is 15.0. The molecule has 0 saturated heterocycles. The van der Waals surface area contributed by atoms with Gasteiger partial charge in [-0.1, -0.05) is 12.1 Å². The Morgan fingerprint density at radius 1 is 1.04 bits per heavy atom. The summed E-state index contributed by atoms with van der Waals surface area (Å²) in [4.78, 5) is 19.6. The molecule has 134 valence electrons. The summed E-state index contributed by atoms with van der Waals surface area (Å²) in [7, 11) is 1.64. The molecule has 1 aromatic heterocycles. The summed E-state index contributed by atoms with van der Waals surface area (Å²) in [6.07, 6.45) is 0.926. The molecule has 0 radical (unpaired) electrons. The molecule has 0 saturated carbocycles. The van der Waals surface area contributed by atoms with E-state index in [1.165, 1.54) is 0 Å². The molecule has 4 rings (SSSR count). The van der Waals surface area contributed by atoms with Crippen LogP contribution in [-0.2, 0) is 6.54 Å². The maximum Gasteiger partial charge on any atom is 0.262 e. The van der Waals surface area contributed by atoms with Crippen molar-refractivity contribution < 1.29 is 9.47 Å². The highest BCUT2D eigenvalue weighted by Gasteiger charge is 2.20. The Morgan fingerprint density at radius 3 is 2.62 bits per heavy atom. The van der Waals surface area contributed by atoms with Crippen molar-refractivity contribution in [3.05, 3.63) is 58.9 Å².